The standard InChI is InChI=1S/C18H15F4N3O/c19-13-3-1-2-4-14(13)24-10-7-11-15-9-23-5-6-25(15)17(26)16(11)12(8-10)18(20,21)22/h1-4,7-8,23-24,26H,5-6,9H2. The molecule has 26 heavy (non-hydrogen) atoms. The number of nitrogens with zero attached hydrogens (tertiary/aromatic N) is 1. The number of alkyl halides is 3. The molecule has 4 rings (SSSR count). The molecule has 2 aromatic carbocycles. The summed E-state index contributed by atoms with van der Waals surface area (Å²) in [6, 6.07) is 8.16. The lowest BCUT2D eigenvalue weighted by atomic mass is 10.0. The predicted octanol–water partition coefficient (Wildman–Crippen LogP) is 4.35. The molecular weight excluding hydrogens is 350 g/mol. The zero-order valence-corrected chi connectivity index (χ0v) is 13.5. The third kappa shape index (κ3) is 2.66. The maximum absolute atomic E-state index is 13.9. The van der Waals surface area contributed by atoms with E-state index >= 15 is 0 Å². The van der Waals surface area contributed by atoms with Crippen LogP contribution in [-0.4, -0.2) is 16.2 Å². The van der Waals surface area contributed by atoms with Crippen molar-refractivity contribution >= 4 is 22.1 Å². The van der Waals surface area contributed by atoms with Crippen molar-refractivity contribution in [2.45, 2.75) is 19.3 Å². The summed E-state index contributed by atoms with van der Waals surface area (Å²) in [5.74, 6) is -0.953. The smallest absolute Gasteiger partial charge is 0.417 e. The van der Waals surface area contributed by atoms with E-state index in [1.165, 1.54) is 28.8 Å². The van der Waals surface area contributed by atoms with Gasteiger partial charge in [-0.15, -0.1) is 0 Å². The molecule has 0 fully saturated rings. The summed E-state index contributed by atoms with van der Waals surface area (Å²) in [4.78, 5) is 0. The van der Waals surface area contributed by atoms with E-state index in [2.05, 4.69) is 10.6 Å². The maximum Gasteiger partial charge on any atom is 0.417 e. The number of aromatic hydroxyl groups is 1. The van der Waals surface area contributed by atoms with Crippen molar-refractivity contribution in [2.24, 2.45) is 0 Å². The Labute approximate surface area is 146 Å². The molecule has 1 aliphatic heterocycles. The first-order valence-corrected chi connectivity index (χ1v) is 8.04. The molecule has 0 aliphatic carbocycles. The van der Waals surface area contributed by atoms with Crippen molar-refractivity contribution in [1.82, 2.24) is 9.88 Å². The van der Waals surface area contributed by atoms with Gasteiger partial charge in [0.1, 0.15) is 5.82 Å². The minimum Gasteiger partial charge on any atom is -0.494 e. The quantitative estimate of drug-likeness (QED) is 0.592. The van der Waals surface area contributed by atoms with E-state index in [0.717, 1.165) is 6.07 Å². The molecule has 1 aliphatic rings. The van der Waals surface area contributed by atoms with E-state index in [1.807, 2.05) is 0 Å². The first kappa shape index (κ1) is 16.7. The Morgan fingerprint density at radius 2 is 1.92 bits per heavy atom. The maximum atomic E-state index is 13.9. The van der Waals surface area contributed by atoms with Crippen molar-refractivity contribution in [3.05, 3.63) is 53.5 Å². The molecule has 0 radical (unpaired) electrons. The van der Waals surface area contributed by atoms with Crippen LogP contribution in [0.25, 0.3) is 10.8 Å². The van der Waals surface area contributed by atoms with Crippen molar-refractivity contribution in [2.75, 3.05) is 11.9 Å². The summed E-state index contributed by atoms with van der Waals surface area (Å²) in [6.45, 7) is 1.28. The van der Waals surface area contributed by atoms with E-state index < -0.39 is 17.6 Å². The van der Waals surface area contributed by atoms with Crippen LogP contribution in [0.1, 0.15) is 11.3 Å². The van der Waals surface area contributed by atoms with E-state index in [0.29, 0.717) is 30.7 Å². The fourth-order valence-corrected chi connectivity index (χ4v) is 3.36. The molecule has 8 heteroatoms. The van der Waals surface area contributed by atoms with E-state index in [-0.39, 0.29) is 22.6 Å². The number of benzene rings is 2. The van der Waals surface area contributed by atoms with E-state index in [1.54, 1.807) is 6.07 Å². The lowest BCUT2D eigenvalue weighted by molar-refractivity contribution is -0.136. The fourth-order valence-electron chi connectivity index (χ4n) is 3.36. The van der Waals surface area contributed by atoms with Gasteiger partial charge in [-0.25, -0.2) is 4.39 Å². The van der Waals surface area contributed by atoms with Gasteiger partial charge in [-0.2, -0.15) is 13.2 Å². The topological polar surface area (TPSA) is 49.2 Å². The van der Waals surface area contributed by atoms with Gasteiger partial charge >= 0.3 is 6.18 Å². The second kappa shape index (κ2) is 5.91. The average molecular weight is 365 g/mol. The summed E-state index contributed by atoms with van der Waals surface area (Å²) in [5, 5.41) is 16.2. The second-order valence-electron chi connectivity index (χ2n) is 6.15. The van der Waals surface area contributed by atoms with Gasteiger partial charge in [0, 0.05) is 36.4 Å². The first-order valence-electron chi connectivity index (χ1n) is 8.04. The molecule has 0 bridgehead atoms. The number of hydrogen-bond acceptors (Lipinski definition) is 3. The zero-order chi connectivity index (χ0) is 18.5. The summed E-state index contributed by atoms with van der Waals surface area (Å²) in [7, 11) is 0. The monoisotopic (exact) mass is 365 g/mol. The molecule has 0 amide bonds. The Hall–Kier alpha value is -2.74. The van der Waals surface area contributed by atoms with Crippen LogP contribution in [0.15, 0.2) is 36.4 Å². The fraction of sp³-hybridized carbons (Fsp3) is 0.222. The molecule has 0 unspecified atom stereocenters. The van der Waals surface area contributed by atoms with Gasteiger partial charge in [0.25, 0.3) is 0 Å². The highest BCUT2D eigenvalue weighted by atomic mass is 19.4. The van der Waals surface area contributed by atoms with Crippen molar-refractivity contribution in [1.29, 1.82) is 0 Å². The highest BCUT2D eigenvalue weighted by molar-refractivity contribution is 5.97. The van der Waals surface area contributed by atoms with Gasteiger partial charge in [-0.05, 0) is 24.3 Å². The summed E-state index contributed by atoms with van der Waals surface area (Å²) >= 11 is 0. The van der Waals surface area contributed by atoms with Crippen LogP contribution in [0.4, 0.5) is 28.9 Å². The van der Waals surface area contributed by atoms with Crippen LogP contribution in [0.3, 0.4) is 0 Å². The number of para-hydroxylation sites is 1. The zero-order valence-electron chi connectivity index (χ0n) is 13.5. The van der Waals surface area contributed by atoms with Crippen LogP contribution in [0, 0.1) is 5.82 Å². The minimum absolute atomic E-state index is 0.0791. The molecule has 1 aromatic heterocycles. The lowest BCUT2D eigenvalue weighted by Crippen LogP contribution is -2.27. The van der Waals surface area contributed by atoms with Crippen LogP contribution in [0.5, 0.6) is 5.88 Å². The molecule has 3 aromatic rings. The Bertz CT molecular complexity index is 994. The SMILES string of the molecule is Oc1c2c(C(F)(F)F)cc(Nc3ccccc3F)cc2c2n1CCNC2. The highest BCUT2D eigenvalue weighted by Crippen LogP contribution is 2.44. The molecule has 3 N–H and O–H groups in total. The number of aromatic nitrogens is 1. The van der Waals surface area contributed by atoms with Crippen LogP contribution < -0.4 is 10.6 Å². The summed E-state index contributed by atoms with van der Waals surface area (Å²) in [5.41, 5.74) is -0.191. The van der Waals surface area contributed by atoms with Crippen LogP contribution in [0.2, 0.25) is 0 Å². The number of fused-ring (bicyclic) bond motifs is 3. The Balaban J connectivity index is 1.94. The Morgan fingerprint density at radius 1 is 1.15 bits per heavy atom. The highest BCUT2D eigenvalue weighted by Gasteiger charge is 2.36. The molecule has 0 saturated carbocycles. The third-order valence-electron chi connectivity index (χ3n) is 4.52. The summed E-state index contributed by atoms with van der Waals surface area (Å²) < 4.78 is 56.2. The van der Waals surface area contributed by atoms with E-state index in [9.17, 15) is 22.7 Å². The predicted molar refractivity (Wildman–Crippen MR) is 90.0 cm³/mol. The molecule has 136 valence electrons. The molecule has 4 nitrogen and oxygen atoms in total. The minimum atomic E-state index is -4.66. The largest absolute Gasteiger partial charge is 0.494 e. The van der Waals surface area contributed by atoms with E-state index in [4.69, 9.17) is 0 Å². The third-order valence-corrected chi connectivity index (χ3v) is 4.52. The van der Waals surface area contributed by atoms with Crippen LogP contribution >= 0.6 is 0 Å². The van der Waals surface area contributed by atoms with Crippen molar-refractivity contribution in [3.63, 3.8) is 0 Å². The van der Waals surface area contributed by atoms with Gasteiger partial charge in [-0.1, -0.05) is 12.1 Å². The van der Waals surface area contributed by atoms with Crippen molar-refractivity contribution < 1.29 is 22.7 Å². The second-order valence-corrected chi connectivity index (χ2v) is 6.15. The van der Waals surface area contributed by atoms with Crippen LogP contribution in [-0.2, 0) is 19.3 Å². The van der Waals surface area contributed by atoms with Gasteiger partial charge in [0.2, 0.25) is 0 Å². The normalized spacial score (nSPS) is 14.5. The number of anilines is 2. The molecular formula is C18H15F4N3O. The van der Waals surface area contributed by atoms with Gasteiger partial charge in [0.15, 0.2) is 5.88 Å². The van der Waals surface area contributed by atoms with Gasteiger partial charge in [-0.3, -0.25) is 0 Å². The lowest BCUT2D eigenvalue weighted by Gasteiger charge is -2.17. The number of halogens is 4. The number of nitrogens with one attached hydrogen (secondary N) is 2. The Morgan fingerprint density at radius 3 is 2.65 bits per heavy atom. The first-order chi connectivity index (χ1) is 12.4. The molecule has 0 saturated heterocycles. The molecule has 0 spiro atoms. The number of rotatable bonds is 2. The molecule has 2 heterocycles. The summed E-state index contributed by atoms with van der Waals surface area (Å²) in [6.07, 6.45) is -4.66. The van der Waals surface area contributed by atoms with Crippen molar-refractivity contribution in [3.8, 4) is 5.88 Å². The Kier molecular flexibility index (Phi) is 3.80. The average Bonchev–Trinajstić information content (AvgIpc) is 2.89. The molecule has 0 atom stereocenters. The van der Waals surface area contributed by atoms with Gasteiger partial charge in [0.05, 0.1) is 16.6 Å². The number of hydrogen-bond donors (Lipinski definition) is 3. The van der Waals surface area contributed by atoms with Gasteiger partial charge < -0.3 is 20.3 Å².